The van der Waals surface area contributed by atoms with Gasteiger partial charge in [0.05, 0.1) is 7.11 Å². The molecule has 1 rings (SSSR count). The summed E-state index contributed by atoms with van der Waals surface area (Å²) in [5, 5.41) is 0. The smallest absolute Gasteiger partial charge is 0.324 e. The van der Waals surface area contributed by atoms with Crippen LogP contribution >= 0.6 is 24.2 Å². The first kappa shape index (κ1) is 14.2. The van der Waals surface area contributed by atoms with E-state index in [0.29, 0.717) is 6.42 Å². The van der Waals surface area contributed by atoms with Gasteiger partial charge in [-0.05, 0) is 23.8 Å². The zero-order chi connectivity index (χ0) is 10.4. The van der Waals surface area contributed by atoms with E-state index in [-0.39, 0.29) is 18.4 Å². The van der Waals surface area contributed by atoms with Crippen molar-refractivity contribution in [1.29, 1.82) is 0 Å². The molecule has 1 aromatic rings. The van der Waals surface area contributed by atoms with E-state index in [1.165, 1.54) is 7.11 Å². The van der Waals surface area contributed by atoms with Crippen molar-refractivity contribution in [3.8, 4) is 0 Å². The molecule has 0 aromatic heterocycles. The molecule has 5 heteroatoms. The molecule has 0 bridgehead atoms. The number of nitrogens with one attached hydrogen (secondary N) is 1. The number of benzene rings is 1. The molecule has 0 saturated heterocycles. The summed E-state index contributed by atoms with van der Waals surface area (Å²) in [5.74, 6) is -0.358. The number of ether oxygens (including phenoxy) is 1. The predicted octanol–water partition coefficient (Wildman–Crippen LogP) is 1.94. The molecular weight excluding hydrogens is 237 g/mol. The van der Waals surface area contributed by atoms with Crippen molar-refractivity contribution in [3.63, 3.8) is 0 Å². The van der Waals surface area contributed by atoms with Gasteiger partial charge < -0.3 is 4.74 Å². The van der Waals surface area contributed by atoms with Crippen LogP contribution in [0, 0.1) is 0 Å². The van der Waals surface area contributed by atoms with Crippen LogP contribution in [0.4, 0.5) is 0 Å². The molecule has 0 heterocycles. The zero-order valence-corrected chi connectivity index (χ0v) is 9.85. The highest BCUT2D eigenvalue weighted by Gasteiger charge is 2.17. The van der Waals surface area contributed by atoms with Crippen LogP contribution in [-0.2, 0) is 16.0 Å². The summed E-state index contributed by atoms with van der Waals surface area (Å²) in [6.45, 7) is 0. The second kappa shape index (κ2) is 7.51. The molecule has 0 spiro atoms. The third-order valence-corrected chi connectivity index (χ3v) is 2.16. The van der Waals surface area contributed by atoms with E-state index in [0.717, 1.165) is 5.56 Å². The van der Waals surface area contributed by atoms with Crippen LogP contribution in [0.1, 0.15) is 5.56 Å². The standard InChI is InChI=1S/C10H12ClNO2.ClH/c1-14-10(13)9(12-11)7-8-5-3-2-4-6-8;/h2-6,9,12H,7H2,1H3;1H. The van der Waals surface area contributed by atoms with Crippen molar-refractivity contribution in [3.05, 3.63) is 35.9 Å². The minimum atomic E-state index is -0.496. The van der Waals surface area contributed by atoms with Gasteiger partial charge in [-0.15, -0.1) is 12.4 Å². The first-order chi connectivity index (χ1) is 6.77. The van der Waals surface area contributed by atoms with E-state index >= 15 is 0 Å². The van der Waals surface area contributed by atoms with Crippen molar-refractivity contribution < 1.29 is 9.53 Å². The van der Waals surface area contributed by atoms with E-state index in [1.54, 1.807) is 0 Å². The molecular formula is C10H13Cl2NO2. The van der Waals surface area contributed by atoms with Gasteiger partial charge in [-0.2, -0.15) is 0 Å². The summed E-state index contributed by atoms with van der Waals surface area (Å²) in [4.78, 5) is 13.6. The van der Waals surface area contributed by atoms with Gasteiger partial charge in [0, 0.05) is 0 Å². The number of rotatable bonds is 4. The summed E-state index contributed by atoms with van der Waals surface area (Å²) in [5.41, 5.74) is 1.04. The largest absolute Gasteiger partial charge is 0.468 e. The summed E-state index contributed by atoms with van der Waals surface area (Å²) < 4.78 is 4.59. The van der Waals surface area contributed by atoms with Gasteiger partial charge >= 0.3 is 5.97 Å². The second-order valence-corrected chi connectivity index (χ2v) is 3.09. The maximum Gasteiger partial charge on any atom is 0.324 e. The quantitative estimate of drug-likeness (QED) is 0.655. The van der Waals surface area contributed by atoms with Gasteiger partial charge in [0.25, 0.3) is 0 Å². The number of carbonyl (C=O) groups excluding carboxylic acids is 1. The van der Waals surface area contributed by atoms with Crippen LogP contribution in [0.2, 0.25) is 0 Å². The van der Waals surface area contributed by atoms with Crippen LogP contribution in [0.3, 0.4) is 0 Å². The van der Waals surface area contributed by atoms with Crippen LogP contribution in [0.25, 0.3) is 0 Å². The van der Waals surface area contributed by atoms with E-state index < -0.39 is 6.04 Å². The van der Waals surface area contributed by atoms with Crippen LogP contribution < -0.4 is 4.84 Å². The Bertz CT molecular complexity index is 293. The van der Waals surface area contributed by atoms with Crippen molar-refractivity contribution >= 4 is 30.2 Å². The fourth-order valence-electron chi connectivity index (χ4n) is 1.16. The normalized spacial score (nSPS) is 11.3. The average Bonchev–Trinajstić information content (AvgIpc) is 2.26. The van der Waals surface area contributed by atoms with Crippen molar-refractivity contribution in [2.45, 2.75) is 12.5 Å². The highest BCUT2D eigenvalue weighted by atomic mass is 35.5. The van der Waals surface area contributed by atoms with Gasteiger partial charge in [0.15, 0.2) is 0 Å². The number of halogens is 2. The molecule has 0 amide bonds. The molecule has 0 radical (unpaired) electrons. The molecule has 0 fully saturated rings. The molecule has 0 aliphatic rings. The molecule has 1 aromatic carbocycles. The first-order valence-corrected chi connectivity index (χ1v) is 4.63. The lowest BCUT2D eigenvalue weighted by molar-refractivity contribution is -0.142. The fraction of sp³-hybridized carbons (Fsp3) is 0.300. The van der Waals surface area contributed by atoms with Gasteiger partial charge in [-0.1, -0.05) is 30.3 Å². The number of hydrogen-bond acceptors (Lipinski definition) is 3. The summed E-state index contributed by atoms with van der Waals surface area (Å²) in [7, 11) is 1.34. The lowest BCUT2D eigenvalue weighted by Crippen LogP contribution is -2.33. The molecule has 1 N–H and O–H groups in total. The van der Waals surface area contributed by atoms with Crippen molar-refractivity contribution in [1.82, 2.24) is 4.84 Å². The summed E-state index contributed by atoms with van der Waals surface area (Å²) >= 11 is 5.44. The van der Waals surface area contributed by atoms with Gasteiger partial charge in [-0.25, -0.2) is 4.84 Å². The van der Waals surface area contributed by atoms with E-state index in [2.05, 4.69) is 9.57 Å². The van der Waals surface area contributed by atoms with Crippen molar-refractivity contribution in [2.24, 2.45) is 0 Å². The molecule has 0 saturated carbocycles. The Morgan fingerprint density at radius 3 is 2.53 bits per heavy atom. The maximum absolute atomic E-state index is 11.2. The topological polar surface area (TPSA) is 38.3 Å². The first-order valence-electron chi connectivity index (χ1n) is 4.26. The molecule has 1 unspecified atom stereocenters. The summed E-state index contributed by atoms with van der Waals surface area (Å²) in [6.07, 6.45) is 0.525. The molecule has 1 atom stereocenters. The Morgan fingerprint density at radius 2 is 2.07 bits per heavy atom. The van der Waals surface area contributed by atoms with E-state index in [1.807, 2.05) is 30.3 Å². The Labute approximate surface area is 100 Å². The minimum absolute atomic E-state index is 0. The van der Waals surface area contributed by atoms with Gasteiger partial charge in [-0.3, -0.25) is 4.79 Å². The lowest BCUT2D eigenvalue weighted by atomic mass is 10.1. The monoisotopic (exact) mass is 249 g/mol. The van der Waals surface area contributed by atoms with Gasteiger partial charge in [0.1, 0.15) is 6.04 Å². The molecule has 3 nitrogen and oxygen atoms in total. The second-order valence-electron chi connectivity index (χ2n) is 2.87. The maximum atomic E-state index is 11.2. The molecule has 84 valence electrons. The Hall–Kier alpha value is -0.770. The van der Waals surface area contributed by atoms with E-state index in [9.17, 15) is 4.79 Å². The fourth-order valence-corrected chi connectivity index (χ4v) is 1.32. The molecule has 15 heavy (non-hydrogen) atoms. The number of esters is 1. The molecule has 0 aliphatic heterocycles. The van der Waals surface area contributed by atoms with Gasteiger partial charge in [0.2, 0.25) is 0 Å². The Kier molecular flexibility index (Phi) is 7.13. The van der Waals surface area contributed by atoms with Crippen molar-refractivity contribution in [2.75, 3.05) is 7.11 Å². The number of methoxy groups -OCH3 is 1. The SMILES string of the molecule is COC(=O)C(Cc1ccccc1)NCl.Cl. The van der Waals surface area contributed by atoms with Crippen LogP contribution in [0.15, 0.2) is 30.3 Å². The predicted molar refractivity (Wildman–Crippen MR) is 62.2 cm³/mol. The summed E-state index contributed by atoms with van der Waals surface area (Å²) in [6, 6.07) is 9.12. The Balaban J connectivity index is 0.00000196. The van der Waals surface area contributed by atoms with Crippen LogP contribution in [-0.4, -0.2) is 19.1 Å². The Morgan fingerprint density at radius 1 is 1.47 bits per heavy atom. The zero-order valence-electron chi connectivity index (χ0n) is 8.27. The average molecular weight is 250 g/mol. The number of hydrogen-bond donors (Lipinski definition) is 1. The van der Waals surface area contributed by atoms with Crippen LogP contribution in [0.5, 0.6) is 0 Å². The highest BCUT2D eigenvalue weighted by Crippen LogP contribution is 2.04. The molecule has 0 aliphatic carbocycles. The highest BCUT2D eigenvalue weighted by molar-refractivity contribution is 6.14. The minimum Gasteiger partial charge on any atom is -0.468 e. The number of carbonyl (C=O) groups is 1. The third kappa shape index (κ3) is 4.51. The van der Waals surface area contributed by atoms with E-state index in [4.69, 9.17) is 11.8 Å². The third-order valence-electron chi connectivity index (χ3n) is 1.90. The lowest BCUT2D eigenvalue weighted by Gasteiger charge is -2.11.